The van der Waals surface area contributed by atoms with E-state index in [9.17, 15) is 4.39 Å². The summed E-state index contributed by atoms with van der Waals surface area (Å²) in [5.41, 5.74) is 8.61. The molecule has 0 bridgehead atoms. The van der Waals surface area contributed by atoms with Crippen molar-refractivity contribution < 1.29 is 4.39 Å². The maximum atomic E-state index is 13.0. The van der Waals surface area contributed by atoms with Gasteiger partial charge in [-0.05, 0) is 58.2 Å². The molecule has 88 valence electrons. The monoisotopic (exact) mass is 294 g/mol. The van der Waals surface area contributed by atoms with Crippen LogP contribution in [0.1, 0.15) is 22.9 Å². The number of nitrogens with zero attached hydrogens (tertiary/aromatic N) is 1. The van der Waals surface area contributed by atoms with Gasteiger partial charge < -0.3 is 5.73 Å². The first-order chi connectivity index (χ1) is 8.08. The van der Waals surface area contributed by atoms with Gasteiger partial charge in [-0.15, -0.1) is 0 Å². The van der Waals surface area contributed by atoms with Crippen molar-refractivity contribution in [1.29, 1.82) is 0 Å². The largest absolute Gasteiger partial charge is 0.319 e. The number of rotatable bonds is 2. The van der Waals surface area contributed by atoms with Crippen molar-refractivity contribution in [2.45, 2.75) is 13.0 Å². The number of halogens is 2. The molecule has 0 amide bonds. The van der Waals surface area contributed by atoms with Gasteiger partial charge in [-0.3, -0.25) is 4.98 Å². The van der Waals surface area contributed by atoms with Gasteiger partial charge in [0.15, 0.2) is 0 Å². The van der Waals surface area contributed by atoms with E-state index < -0.39 is 0 Å². The van der Waals surface area contributed by atoms with E-state index in [-0.39, 0.29) is 11.9 Å². The summed E-state index contributed by atoms with van der Waals surface area (Å²) in [5, 5.41) is 0. The third-order valence-corrected chi connectivity index (χ3v) is 3.10. The molecule has 2 N–H and O–H groups in total. The number of benzene rings is 1. The lowest BCUT2D eigenvalue weighted by Crippen LogP contribution is -2.14. The maximum Gasteiger partial charge on any atom is 0.123 e. The van der Waals surface area contributed by atoms with Crippen molar-refractivity contribution in [2.75, 3.05) is 0 Å². The van der Waals surface area contributed by atoms with Crippen LogP contribution in [-0.4, -0.2) is 4.98 Å². The molecular formula is C13H12BrFN2. The summed E-state index contributed by atoms with van der Waals surface area (Å²) in [6.07, 6.45) is 1.70. The molecule has 1 heterocycles. The first kappa shape index (κ1) is 12.2. The average molecular weight is 295 g/mol. The zero-order chi connectivity index (χ0) is 12.4. The van der Waals surface area contributed by atoms with Gasteiger partial charge in [-0.25, -0.2) is 4.39 Å². The lowest BCUT2D eigenvalue weighted by atomic mass is 9.99. The van der Waals surface area contributed by atoms with Crippen molar-refractivity contribution in [2.24, 2.45) is 5.73 Å². The van der Waals surface area contributed by atoms with Crippen molar-refractivity contribution in [3.05, 3.63) is 63.6 Å². The molecule has 1 atom stereocenters. The third kappa shape index (κ3) is 2.70. The topological polar surface area (TPSA) is 38.9 Å². The molecule has 0 aliphatic rings. The standard InChI is InChI=1S/C13H12BrFN2/c1-8-6-10(15)3-4-11(8)13(16)12-5-2-9(14)7-17-12/h2-7,13H,16H2,1H3. The molecule has 0 fully saturated rings. The quantitative estimate of drug-likeness (QED) is 0.923. The Hall–Kier alpha value is -1.26. The highest BCUT2D eigenvalue weighted by atomic mass is 79.9. The molecule has 0 saturated carbocycles. The second-order valence-electron chi connectivity index (χ2n) is 3.88. The summed E-state index contributed by atoms with van der Waals surface area (Å²) in [4.78, 5) is 4.25. The Morgan fingerprint density at radius 2 is 2.06 bits per heavy atom. The van der Waals surface area contributed by atoms with Crippen LogP contribution in [0.3, 0.4) is 0 Å². The van der Waals surface area contributed by atoms with Crippen LogP contribution in [0.5, 0.6) is 0 Å². The van der Waals surface area contributed by atoms with Crippen LogP contribution < -0.4 is 5.73 Å². The molecule has 0 radical (unpaired) electrons. The molecule has 1 unspecified atom stereocenters. The van der Waals surface area contributed by atoms with Crippen LogP contribution in [0, 0.1) is 12.7 Å². The fourth-order valence-corrected chi connectivity index (χ4v) is 1.95. The minimum Gasteiger partial charge on any atom is -0.319 e. The first-order valence-electron chi connectivity index (χ1n) is 5.21. The molecule has 2 aromatic rings. The molecule has 2 rings (SSSR count). The Bertz CT molecular complexity index is 525. The molecule has 17 heavy (non-hydrogen) atoms. The van der Waals surface area contributed by atoms with Crippen LogP contribution in [0.25, 0.3) is 0 Å². The van der Waals surface area contributed by atoms with Crippen molar-refractivity contribution in [3.8, 4) is 0 Å². The molecule has 1 aromatic heterocycles. The Balaban J connectivity index is 2.36. The molecule has 0 spiro atoms. The molecule has 0 aliphatic heterocycles. The van der Waals surface area contributed by atoms with Crippen LogP contribution in [-0.2, 0) is 0 Å². The molecule has 2 nitrogen and oxygen atoms in total. The normalized spacial score (nSPS) is 12.5. The van der Waals surface area contributed by atoms with E-state index in [0.29, 0.717) is 0 Å². The zero-order valence-corrected chi connectivity index (χ0v) is 10.9. The highest BCUT2D eigenvalue weighted by molar-refractivity contribution is 9.10. The zero-order valence-electron chi connectivity index (χ0n) is 9.32. The Morgan fingerprint density at radius 1 is 1.29 bits per heavy atom. The molecule has 4 heteroatoms. The van der Waals surface area contributed by atoms with Crippen LogP contribution in [0.15, 0.2) is 41.0 Å². The van der Waals surface area contributed by atoms with E-state index in [4.69, 9.17) is 5.73 Å². The maximum absolute atomic E-state index is 13.0. The van der Waals surface area contributed by atoms with Crippen LogP contribution in [0.4, 0.5) is 4.39 Å². The van der Waals surface area contributed by atoms with Crippen molar-refractivity contribution in [3.63, 3.8) is 0 Å². The smallest absolute Gasteiger partial charge is 0.123 e. The van der Waals surface area contributed by atoms with Gasteiger partial charge in [0.1, 0.15) is 5.82 Å². The first-order valence-corrected chi connectivity index (χ1v) is 6.00. The predicted molar refractivity (Wildman–Crippen MR) is 69.1 cm³/mol. The van der Waals surface area contributed by atoms with E-state index in [1.165, 1.54) is 12.1 Å². The summed E-state index contributed by atoms with van der Waals surface area (Å²) in [7, 11) is 0. The van der Waals surface area contributed by atoms with E-state index in [1.54, 1.807) is 12.3 Å². The van der Waals surface area contributed by atoms with Gasteiger partial charge >= 0.3 is 0 Å². The highest BCUT2D eigenvalue weighted by Crippen LogP contribution is 2.22. The Morgan fingerprint density at radius 3 is 2.65 bits per heavy atom. The second-order valence-corrected chi connectivity index (χ2v) is 4.80. The molecule has 0 aliphatic carbocycles. The summed E-state index contributed by atoms with van der Waals surface area (Å²) in [6, 6.07) is 8.02. The van der Waals surface area contributed by atoms with Crippen molar-refractivity contribution in [1.82, 2.24) is 4.98 Å². The minimum absolute atomic E-state index is 0.248. The SMILES string of the molecule is Cc1cc(F)ccc1C(N)c1ccc(Br)cn1. The fourth-order valence-electron chi connectivity index (χ4n) is 1.72. The van der Waals surface area contributed by atoms with Crippen molar-refractivity contribution >= 4 is 15.9 Å². The summed E-state index contributed by atoms with van der Waals surface area (Å²) >= 11 is 3.32. The number of aromatic nitrogens is 1. The number of hydrogen-bond acceptors (Lipinski definition) is 2. The van der Waals surface area contributed by atoms with Gasteiger partial charge in [-0.1, -0.05) is 6.07 Å². The number of pyridine rings is 1. The van der Waals surface area contributed by atoms with Gasteiger partial charge in [0, 0.05) is 10.7 Å². The predicted octanol–water partition coefficient (Wildman–Crippen LogP) is 3.34. The molecule has 0 saturated heterocycles. The summed E-state index contributed by atoms with van der Waals surface area (Å²) in [6.45, 7) is 1.84. The third-order valence-electron chi connectivity index (χ3n) is 2.64. The van der Waals surface area contributed by atoms with Gasteiger partial charge in [0.25, 0.3) is 0 Å². The van der Waals surface area contributed by atoms with Gasteiger partial charge in [-0.2, -0.15) is 0 Å². The van der Waals surface area contributed by atoms with Gasteiger partial charge in [0.2, 0.25) is 0 Å². The van der Waals surface area contributed by atoms with E-state index >= 15 is 0 Å². The number of hydrogen-bond donors (Lipinski definition) is 1. The van der Waals surface area contributed by atoms with E-state index in [1.807, 2.05) is 19.1 Å². The Labute approximate surface area is 108 Å². The lowest BCUT2D eigenvalue weighted by Gasteiger charge is -2.14. The Kier molecular flexibility index (Phi) is 3.54. The minimum atomic E-state index is -0.330. The van der Waals surface area contributed by atoms with E-state index in [2.05, 4.69) is 20.9 Å². The second kappa shape index (κ2) is 4.94. The summed E-state index contributed by atoms with van der Waals surface area (Å²) in [5.74, 6) is -0.248. The molecule has 1 aromatic carbocycles. The molecular weight excluding hydrogens is 283 g/mol. The number of aryl methyl sites for hydroxylation is 1. The highest BCUT2D eigenvalue weighted by Gasteiger charge is 2.12. The summed E-state index contributed by atoms with van der Waals surface area (Å²) < 4.78 is 13.9. The van der Waals surface area contributed by atoms with Crippen LogP contribution >= 0.6 is 15.9 Å². The fraction of sp³-hybridized carbons (Fsp3) is 0.154. The van der Waals surface area contributed by atoms with Gasteiger partial charge in [0.05, 0.1) is 11.7 Å². The lowest BCUT2D eigenvalue weighted by molar-refractivity contribution is 0.624. The van der Waals surface area contributed by atoms with Crippen LogP contribution in [0.2, 0.25) is 0 Å². The average Bonchev–Trinajstić information content (AvgIpc) is 2.29. The number of nitrogens with two attached hydrogens (primary N) is 1. The van der Waals surface area contributed by atoms with E-state index in [0.717, 1.165) is 21.3 Å².